The zero-order valence-corrected chi connectivity index (χ0v) is 9.91. The third kappa shape index (κ3) is 1.96. The zero-order chi connectivity index (χ0) is 11.9. The lowest BCUT2D eigenvalue weighted by Gasteiger charge is -2.46. The van der Waals surface area contributed by atoms with Crippen LogP contribution in [0.5, 0.6) is 0 Å². The lowest BCUT2D eigenvalue weighted by molar-refractivity contribution is -0.301. The third-order valence-electron chi connectivity index (χ3n) is 4.11. The number of nitrogens with one attached hydrogen (secondary N) is 1. The van der Waals surface area contributed by atoms with Gasteiger partial charge < -0.3 is 19.9 Å². The van der Waals surface area contributed by atoms with E-state index in [1.165, 1.54) is 6.42 Å². The molecule has 0 aromatic heterocycles. The van der Waals surface area contributed by atoms with E-state index < -0.39 is 17.4 Å². The average Bonchev–Trinajstić information content (AvgIpc) is 2.61. The highest BCUT2D eigenvalue weighted by Crippen LogP contribution is 2.39. The number of hydrogen-bond donors (Lipinski definition) is 2. The summed E-state index contributed by atoms with van der Waals surface area (Å²) in [5.41, 5.74) is -0.501. The predicted molar refractivity (Wildman–Crippen MR) is 59.2 cm³/mol. The first-order valence-corrected chi connectivity index (χ1v) is 6.41. The van der Waals surface area contributed by atoms with Gasteiger partial charge in [-0.25, -0.2) is 0 Å². The summed E-state index contributed by atoms with van der Waals surface area (Å²) in [6, 6.07) is 0. The van der Waals surface area contributed by atoms with Crippen LogP contribution in [0.1, 0.15) is 38.5 Å². The Morgan fingerprint density at radius 3 is 2.35 bits per heavy atom. The molecule has 17 heavy (non-hydrogen) atoms. The summed E-state index contributed by atoms with van der Waals surface area (Å²) >= 11 is 0. The van der Waals surface area contributed by atoms with E-state index in [1.54, 1.807) is 0 Å². The van der Waals surface area contributed by atoms with Crippen molar-refractivity contribution in [2.24, 2.45) is 0 Å². The van der Waals surface area contributed by atoms with Crippen LogP contribution in [0.2, 0.25) is 0 Å². The van der Waals surface area contributed by atoms with Crippen LogP contribution in [0.3, 0.4) is 0 Å². The second-order valence-electron chi connectivity index (χ2n) is 5.54. The van der Waals surface area contributed by atoms with Crippen molar-refractivity contribution in [2.75, 3.05) is 13.2 Å². The number of amides is 1. The van der Waals surface area contributed by atoms with Gasteiger partial charge >= 0.3 is 0 Å². The molecule has 1 amide bonds. The molecule has 1 atom stereocenters. The molecule has 0 aromatic rings. The number of rotatable bonds is 0. The van der Waals surface area contributed by atoms with E-state index in [2.05, 4.69) is 5.32 Å². The van der Waals surface area contributed by atoms with E-state index in [-0.39, 0.29) is 5.91 Å². The number of aliphatic hydroxyl groups is 1. The smallest absolute Gasteiger partial charge is 0.249 e. The first-order valence-electron chi connectivity index (χ1n) is 6.41. The number of hydrogen-bond acceptors (Lipinski definition) is 4. The predicted octanol–water partition coefficient (Wildman–Crippen LogP) is 0.313. The van der Waals surface area contributed by atoms with Gasteiger partial charge in [0.15, 0.2) is 5.79 Å². The average molecular weight is 241 g/mol. The van der Waals surface area contributed by atoms with Crippen LogP contribution in [-0.4, -0.2) is 41.7 Å². The molecule has 5 heteroatoms. The van der Waals surface area contributed by atoms with Crippen LogP contribution in [0, 0.1) is 0 Å². The fourth-order valence-electron chi connectivity index (χ4n) is 3.05. The summed E-state index contributed by atoms with van der Waals surface area (Å²) in [7, 11) is 0. The van der Waals surface area contributed by atoms with Crippen LogP contribution in [-0.2, 0) is 14.3 Å². The van der Waals surface area contributed by atoms with Gasteiger partial charge in [-0.1, -0.05) is 6.42 Å². The number of carbonyl (C=O) groups is 1. The van der Waals surface area contributed by atoms with E-state index in [0.717, 1.165) is 25.7 Å². The molecule has 2 N–H and O–H groups in total. The van der Waals surface area contributed by atoms with E-state index in [1.807, 2.05) is 0 Å². The van der Waals surface area contributed by atoms with Crippen molar-refractivity contribution in [1.82, 2.24) is 5.32 Å². The summed E-state index contributed by atoms with van der Waals surface area (Å²) in [4.78, 5) is 11.3. The molecule has 0 bridgehead atoms. The fraction of sp³-hybridized carbons (Fsp3) is 0.917. The fourth-order valence-corrected chi connectivity index (χ4v) is 3.05. The summed E-state index contributed by atoms with van der Waals surface area (Å²) < 4.78 is 11.8. The second-order valence-corrected chi connectivity index (χ2v) is 5.54. The highest BCUT2D eigenvalue weighted by molar-refractivity contribution is 5.84. The largest absolute Gasteiger partial charge is 0.383 e. The SMILES string of the molecule is O=C1NC2(COC3(CCCCC3)OC2)CC1O. The second kappa shape index (κ2) is 3.93. The van der Waals surface area contributed by atoms with Gasteiger partial charge in [0.25, 0.3) is 0 Å². The lowest BCUT2D eigenvalue weighted by Crippen LogP contribution is -2.59. The molecule has 2 saturated heterocycles. The molecule has 3 aliphatic rings. The minimum absolute atomic E-state index is 0.309. The van der Waals surface area contributed by atoms with Crippen molar-refractivity contribution in [1.29, 1.82) is 0 Å². The Morgan fingerprint density at radius 2 is 1.82 bits per heavy atom. The first-order chi connectivity index (χ1) is 8.13. The van der Waals surface area contributed by atoms with Crippen LogP contribution in [0.25, 0.3) is 0 Å². The monoisotopic (exact) mass is 241 g/mol. The maximum absolute atomic E-state index is 11.3. The van der Waals surface area contributed by atoms with Gasteiger partial charge in [0.2, 0.25) is 5.91 Å². The molecule has 5 nitrogen and oxygen atoms in total. The zero-order valence-electron chi connectivity index (χ0n) is 9.91. The van der Waals surface area contributed by atoms with E-state index >= 15 is 0 Å². The molecule has 3 rings (SSSR count). The summed E-state index contributed by atoms with van der Waals surface area (Å²) in [6.45, 7) is 0.908. The van der Waals surface area contributed by atoms with Crippen molar-refractivity contribution >= 4 is 5.91 Å². The van der Waals surface area contributed by atoms with Crippen molar-refractivity contribution < 1.29 is 19.4 Å². The molecule has 2 aliphatic heterocycles. The van der Waals surface area contributed by atoms with Crippen LogP contribution < -0.4 is 5.32 Å². The van der Waals surface area contributed by atoms with Gasteiger partial charge in [-0.2, -0.15) is 0 Å². The van der Waals surface area contributed by atoms with Crippen LogP contribution >= 0.6 is 0 Å². The van der Waals surface area contributed by atoms with E-state index in [9.17, 15) is 9.90 Å². The standard InChI is InChI=1S/C12H19NO4/c14-9-6-11(13-10(9)15)7-16-12(17-8-11)4-2-1-3-5-12/h9,14H,1-8H2,(H,13,15). The molecule has 96 valence electrons. The Morgan fingerprint density at radius 1 is 1.18 bits per heavy atom. The van der Waals surface area contributed by atoms with Crippen molar-refractivity contribution in [3.63, 3.8) is 0 Å². The van der Waals surface area contributed by atoms with Crippen molar-refractivity contribution in [3.8, 4) is 0 Å². The first kappa shape index (κ1) is 11.4. The molecule has 0 aromatic carbocycles. The Labute approximate surface area is 100 Å². The topological polar surface area (TPSA) is 67.8 Å². The van der Waals surface area contributed by atoms with Gasteiger partial charge in [0.1, 0.15) is 6.10 Å². The molecular formula is C12H19NO4. The number of ether oxygens (including phenoxy) is 2. The molecule has 1 unspecified atom stereocenters. The Kier molecular flexibility index (Phi) is 2.65. The number of carbonyl (C=O) groups excluding carboxylic acids is 1. The van der Waals surface area contributed by atoms with Crippen molar-refractivity contribution in [3.05, 3.63) is 0 Å². The normalized spacial score (nSPS) is 35.1. The summed E-state index contributed by atoms with van der Waals surface area (Å²) in [5, 5.41) is 12.3. The van der Waals surface area contributed by atoms with E-state index in [4.69, 9.17) is 9.47 Å². The molecular weight excluding hydrogens is 222 g/mol. The van der Waals surface area contributed by atoms with E-state index in [0.29, 0.717) is 19.6 Å². The van der Waals surface area contributed by atoms with Gasteiger partial charge in [-0.15, -0.1) is 0 Å². The summed E-state index contributed by atoms with van der Waals surface area (Å²) in [5.74, 6) is -0.723. The minimum atomic E-state index is -0.914. The highest BCUT2D eigenvalue weighted by Gasteiger charge is 2.51. The number of aliphatic hydroxyl groups excluding tert-OH is 1. The van der Waals surface area contributed by atoms with Gasteiger partial charge in [-0.3, -0.25) is 4.79 Å². The Bertz CT molecular complexity index is 314. The third-order valence-corrected chi connectivity index (χ3v) is 4.11. The Balaban J connectivity index is 1.66. The maximum atomic E-state index is 11.3. The molecule has 3 fully saturated rings. The van der Waals surface area contributed by atoms with Gasteiger partial charge in [0.05, 0.1) is 18.8 Å². The maximum Gasteiger partial charge on any atom is 0.249 e. The van der Waals surface area contributed by atoms with Crippen LogP contribution in [0.4, 0.5) is 0 Å². The van der Waals surface area contributed by atoms with Gasteiger partial charge in [0, 0.05) is 19.3 Å². The molecule has 2 spiro atoms. The lowest BCUT2D eigenvalue weighted by atomic mass is 9.91. The molecule has 1 aliphatic carbocycles. The van der Waals surface area contributed by atoms with Gasteiger partial charge in [-0.05, 0) is 12.8 Å². The highest BCUT2D eigenvalue weighted by atomic mass is 16.7. The minimum Gasteiger partial charge on any atom is -0.383 e. The summed E-state index contributed by atoms with van der Waals surface area (Å²) in [6.07, 6.45) is 4.89. The van der Waals surface area contributed by atoms with Crippen molar-refractivity contribution in [2.45, 2.75) is 56.0 Å². The van der Waals surface area contributed by atoms with Crippen LogP contribution in [0.15, 0.2) is 0 Å². The molecule has 0 radical (unpaired) electrons. The quantitative estimate of drug-likeness (QED) is 0.640. The molecule has 2 heterocycles. The Hall–Kier alpha value is -0.650. The molecule has 1 saturated carbocycles.